The molecule has 28 heavy (non-hydrogen) atoms. The summed E-state index contributed by atoms with van der Waals surface area (Å²) >= 11 is 0. The van der Waals surface area contributed by atoms with Gasteiger partial charge in [0.05, 0.1) is 4.92 Å². The second kappa shape index (κ2) is 7.80. The first kappa shape index (κ1) is 19.5. The number of fused-ring (bicyclic) bond motifs is 1. The molecule has 1 aliphatic heterocycles. The van der Waals surface area contributed by atoms with Crippen LogP contribution in [0.4, 0.5) is 17.1 Å². The van der Waals surface area contributed by atoms with Crippen molar-refractivity contribution in [3.05, 3.63) is 63.2 Å². The fourth-order valence-corrected chi connectivity index (χ4v) is 3.48. The van der Waals surface area contributed by atoms with Crippen molar-refractivity contribution in [3.63, 3.8) is 0 Å². The lowest BCUT2D eigenvalue weighted by atomic mass is 9.99. The highest BCUT2D eigenvalue weighted by Gasteiger charge is 2.25. The van der Waals surface area contributed by atoms with Gasteiger partial charge in [-0.15, -0.1) is 0 Å². The van der Waals surface area contributed by atoms with Gasteiger partial charge in [-0.05, 0) is 49.6 Å². The number of nitrogens with zero attached hydrogens (tertiary/aromatic N) is 2. The minimum Gasteiger partial charge on any atom is -0.322 e. The number of amides is 2. The predicted molar refractivity (Wildman–Crippen MR) is 108 cm³/mol. The zero-order valence-electron chi connectivity index (χ0n) is 16.2. The SMILES string of the molecule is Cc1c(C(=O)Nc2ccc3c(c2)CCCN3C(=O)C(C)C)cccc1[N+](=O)[O-]. The number of nitrogens with one attached hydrogen (secondary N) is 1. The van der Waals surface area contributed by atoms with Crippen molar-refractivity contribution in [1.82, 2.24) is 0 Å². The number of carbonyl (C=O) groups is 2. The van der Waals surface area contributed by atoms with Crippen molar-refractivity contribution >= 4 is 28.9 Å². The van der Waals surface area contributed by atoms with Crippen molar-refractivity contribution in [1.29, 1.82) is 0 Å². The van der Waals surface area contributed by atoms with E-state index in [-0.39, 0.29) is 23.1 Å². The van der Waals surface area contributed by atoms with E-state index >= 15 is 0 Å². The number of anilines is 2. The minimum absolute atomic E-state index is 0.0813. The number of aryl methyl sites for hydroxylation is 1. The van der Waals surface area contributed by atoms with E-state index < -0.39 is 10.8 Å². The molecule has 3 rings (SSSR count). The van der Waals surface area contributed by atoms with E-state index in [1.54, 1.807) is 24.0 Å². The van der Waals surface area contributed by atoms with Gasteiger partial charge in [0.1, 0.15) is 0 Å². The first-order chi connectivity index (χ1) is 13.3. The van der Waals surface area contributed by atoms with Gasteiger partial charge in [0.15, 0.2) is 0 Å². The third-order valence-electron chi connectivity index (χ3n) is 4.96. The Labute approximate surface area is 163 Å². The molecule has 2 amide bonds. The standard InChI is InChI=1S/C21H23N3O4/c1-13(2)21(26)23-11-5-6-15-12-16(9-10-19(15)23)22-20(25)17-7-4-8-18(14(17)3)24(27)28/h4,7-10,12-13H,5-6,11H2,1-3H3,(H,22,25). The monoisotopic (exact) mass is 381 g/mol. The number of nitro groups is 1. The highest BCUT2D eigenvalue weighted by Crippen LogP contribution is 2.31. The molecule has 0 unspecified atom stereocenters. The molecular weight excluding hydrogens is 358 g/mol. The second-order valence-corrected chi connectivity index (χ2v) is 7.25. The molecule has 0 atom stereocenters. The van der Waals surface area contributed by atoms with Crippen LogP contribution in [0.3, 0.4) is 0 Å². The molecule has 0 aliphatic carbocycles. The Kier molecular flexibility index (Phi) is 5.44. The van der Waals surface area contributed by atoms with Gasteiger partial charge in [0.25, 0.3) is 11.6 Å². The van der Waals surface area contributed by atoms with Gasteiger partial charge in [-0.1, -0.05) is 19.9 Å². The number of hydrogen-bond donors (Lipinski definition) is 1. The summed E-state index contributed by atoms with van der Waals surface area (Å²) in [5.41, 5.74) is 3.01. The molecule has 146 valence electrons. The van der Waals surface area contributed by atoms with E-state index in [9.17, 15) is 19.7 Å². The normalized spacial score (nSPS) is 13.2. The number of hydrogen-bond acceptors (Lipinski definition) is 4. The lowest BCUT2D eigenvalue weighted by Crippen LogP contribution is -2.38. The summed E-state index contributed by atoms with van der Waals surface area (Å²) in [6.07, 6.45) is 1.70. The summed E-state index contributed by atoms with van der Waals surface area (Å²) in [4.78, 5) is 37.5. The second-order valence-electron chi connectivity index (χ2n) is 7.25. The Morgan fingerprint density at radius 1 is 1.21 bits per heavy atom. The molecule has 0 bridgehead atoms. The van der Waals surface area contributed by atoms with Crippen LogP contribution in [0, 0.1) is 23.0 Å². The highest BCUT2D eigenvalue weighted by molar-refractivity contribution is 6.06. The summed E-state index contributed by atoms with van der Waals surface area (Å²) < 4.78 is 0. The number of nitro benzene ring substituents is 1. The zero-order valence-corrected chi connectivity index (χ0v) is 16.2. The first-order valence-electron chi connectivity index (χ1n) is 9.29. The largest absolute Gasteiger partial charge is 0.322 e. The summed E-state index contributed by atoms with van der Waals surface area (Å²) in [5, 5.41) is 13.9. The van der Waals surface area contributed by atoms with Gasteiger partial charge in [0, 0.05) is 41.0 Å². The zero-order chi connectivity index (χ0) is 20.4. The third kappa shape index (κ3) is 3.74. The predicted octanol–water partition coefficient (Wildman–Crippen LogP) is 4.09. The summed E-state index contributed by atoms with van der Waals surface area (Å²) in [7, 11) is 0. The first-order valence-corrected chi connectivity index (χ1v) is 9.29. The summed E-state index contributed by atoms with van der Waals surface area (Å²) in [5.74, 6) is -0.390. The fourth-order valence-electron chi connectivity index (χ4n) is 3.48. The molecular formula is C21H23N3O4. The van der Waals surface area contributed by atoms with Crippen LogP contribution >= 0.6 is 0 Å². The molecule has 1 aliphatic rings. The van der Waals surface area contributed by atoms with Crippen molar-refractivity contribution in [2.75, 3.05) is 16.8 Å². The van der Waals surface area contributed by atoms with Gasteiger partial charge in [-0.3, -0.25) is 19.7 Å². The molecule has 0 saturated heterocycles. The van der Waals surface area contributed by atoms with Crippen LogP contribution in [0.2, 0.25) is 0 Å². The molecule has 0 fully saturated rings. The number of rotatable bonds is 4. The van der Waals surface area contributed by atoms with Crippen molar-refractivity contribution < 1.29 is 14.5 Å². The van der Waals surface area contributed by atoms with Crippen molar-refractivity contribution in [3.8, 4) is 0 Å². The topological polar surface area (TPSA) is 92.6 Å². The van der Waals surface area contributed by atoms with Gasteiger partial charge < -0.3 is 10.2 Å². The van der Waals surface area contributed by atoms with Crippen LogP contribution < -0.4 is 10.2 Å². The van der Waals surface area contributed by atoms with Crippen molar-refractivity contribution in [2.45, 2.75) is 33.6 Å². The Balaban J connectivity index is 1.85. The molecule has 0 aromatic heterocycles. The van der Waals surface area contributed by atoms with Gasteiger partial charge in [-0.25, -0.2) is 0 Å². The quantitative estimate of drug-likeness (QED) is 0.638. The number of benzene rings is 2. The van der Waals surface area contributed by atoms with Gasteiger partial charge in [0.2, 0.25) is 5.91 Å². The number of carbonyl (C=O) groups excluding carboxylic acids is 2. The van der Waals surface area contributed by atoms with Crippen LogP contribution in [0.15, 0.2) is 36.4 Å². The van der Waals surface area contributed by atoms with Crippen LogP contribution in [0.5, 0.6) is 0 Å². The molecule has 0 spiro atoms. The maximum Gasteiger partial charge on any atom is 0.273 e. The maximum atomic E-state index is 12.6. The van der Waals surface area contributed by atoms with Gasteiger partial charge >= 0.3 is 0 Å². The molecule has 7 nitrogen and oxygen atoms in total. The van der Waals surface area contributed by atoms with Crippen LogP contribution in [-0.2, 0) is 11.2 Å². The van der Waals surface area contributed by atoms with E-state index in [1.165, 1.54) is 12.1 Å². The lowest BCUT2D eigenvalue weighted by molar-refractivity contribution is -0.385. The van der Waals surface area contributed by atoms with Crippen LogP contribution in [0.25, 0.3) is 0 Å². The molecule has 1 heterocycles. The molecule has 2 aromatic carbocycles. The van der Waals surface area contributed by atoms with Gasteiger partial charge in [-0.2, -0.15) is 0 Å². The summed E-state index contributed by atoms with van der Waals surface area (Å²) in [6, 6.07) is 9.94. The Hall–Kier alpha value is -3.22. The van der Waals surface area contributed by atoms with Crippen LogP contribution in [-0.4, -0.2) is 23.3 Å². The molecule has 7 heteroatoms. The molecule has 1 N–H and O–H groups in total. The fraction of sp³-hybridized carbons (Fsp3) is 0.333. The average Bonchev–Trinajstić information content (AvgIpc) is 2.66. The lowest BCUT2D eigenvalue weighted by Gasteiger charge is -2.31. The van der Waals surface area contributed by atoms with E-state index in [2.05, 4.69) is 5.32 Å². The average molecular weight is 381 g/mol. The Morgan fingerprint density at radius 3 is 2.64 bits per heavy atom. The highest BCUT2D eigenvalue weighted by atomic mass is 16.6. The Bertz CT molecular complexity index is 953. The van der Waals surface area contributed by atoms with Crippen molar-refractivity contribution in [2.24, 2.45) is 5.92 Å². The maximum absolute atomic E-state index is 12.6. The van der Waals surface area contributed by atoms with E-state index in [0.717, 1.165) is 24.1 Å². The molecule has 2 aromatic rings. The Morgan fingerprint density at radius 2 is 1.96 bits per heavy atom. The molecule has 0 saturated carbocycles. The summed E-state index contributed by atoms with van der Waals surface area (Å²) in [6.45, 7) is 6.02. The van der Waals surface area contributed by atoms with E-state index in [0.29, 0.717) is 17.8 Å². The smallest absolute Gasteiger partial charge is 0.273 e. The van der Waals surface area contributed by atoms with Crippen LogP contribution in [0.1, 0.15) is 41.8 Å². The van der Waals surface area contributed by atoms with E-state index in [1.807, 2.05) is 26.0 Å². The minimum atomic E-state index is -0.495. The van der Waals surface area contributed by atoms with E-state index in [4.69, 9.17) is 0 Å². The third-order valence-corrected chi connectivity index (χ3v) is 4.96. The molecule has 0 radical (unpaired) electrons.